The summed E-state index contributed by atoms with van der Waals surface area (Å²) in [6.45, 7) is 9.59. The number of hydrogen-bond donors (Lipinski definition) is 2. The maximum Gasteiger partial charge on any atom is 0.513 e. The fourth-order valence-corrected chi connectivity index (χ4v) is 3.91. The highest BCUT2D eigenvalue weighted by molar-refractivity contribution is 5.75. The van der Waals surface area contributed by atoms with E-state index in [0.29, 0.717) is 24.8 Å². The van der Waals surface area contributed by atoms with Gasteiger partial charge in [-0.3, -0.25) is 4.79 Å². The summed E-state index contributed by atoms with van der Waals surface area (Å²) >= 11 is 0. The molecule has 0 spiro atoms. The van der Waals surface area contributed by atoms with E-state index in [4.69, 9.17) is 34.2 Å². The minimum Gasteiger partial charge on any atom is -0.480 e. The van der Waals surface area contributed by atoms with Gasteiger partial charge in [0.25, 0.3) is 0 Å². The molecule has 1 aromatic carbocycles. The van der Waals surface area contributed by atoms with Crippen LogP contribution in [-0.4, -0.2) is 61.5 Å². The van der Waals surface area contributed by atoms with E-state index in [9.17, 15) is 24.3 Å². The number of carbonyl (C=O) groups excluding carboxylic acids is 3. The van der Waals surface area contributed by atoms with Crippen molar-refractivity contribution in [3.63, 3.8) is 0 Å². The Bertz CT molecular complexity index is 968. The van der Waals surface area contributed by atoms with Crippen LogP contribution in [-0.2, 0) is 23.7 Å². The van der Waals surface area contributed by atoms with Gasteiger partial charge in [-0.05, 0) is 43.9 Å². The van der Waals surface area contributed by atoms with Crippen LogP contribution in [0.4, 0.5) is 14.4 Å². The van der Waals surface area contributed by atoms with E-state index in [-0.39, 0.29) is 31.3 Å². The second kappa shape index (κ2) is 19.5. The Balaban J connectivity index is 3.30. The Morgan fingerprint density at radius 3 is 1.80 bits per heavy atom. The lowest BCUT2D eigenvalue weighted by atomic mass is 9.79. The van der Waals surface area contributed by atoms with Crippen LogP contribution in [0.3, 0.4) is 0 Å². The van der Waals surface area contributed by atoms with Crippen LogP contribution in [0, 0.1) is 5.92 Å². The maximum atomic E-state index is 12.4. The molecule has 0 fully saturated rings. The predicted molar refractivity (Wildman–Crippen MR) is 149 cm³/mol. The van der Waals surface area contributed by atoms with E-state index in [1.165, 1.54) is 18.2 Å². The maximum absolute atomic E-state index is 12.4. The Kier molecular flexibility index (Phi) is 16.9. The minimum absolute atomic E-state index is 0.133. The molecule has 0 saturated carbocycles. The third kappa shape index (κ3) is 13.1. The molecule has 3 unspecified atom stereocenters. The van der Waals surface area contributed by atoms with Crippen LogP contribution >= 0.6 is 0 Å². The molecule has 12 heteroatoms. The molecule has 0 aliphatic heterocycles. The number of aliphatic carboxylic acids is 1. The zero-order valence-electron chi connectivity index (χ0n) is 24.7. The molecule has 0 radical (unpaired) electrons. The fraction of sp³-hybridized carbons (Fsp3) is 0.655. The van der Waals surface area contributed by atoms with Crippen LogP contribution in [0.15, 0.2) is 18.2 Å². The highest BCUT2D eigenvalue weighted by Crippen LogP contribution is 2.37. The van der Waals surface area contributed by atoms with Gasteiger partial charge < -0.3 is 39.3 Å². The summed E-state index contributed by atoms with van der Waals surface area (Å²) in [4.78, 5) is 48.7. The summed E-state index contributed by atoms with van der Waals surface area (Å²) in [5, 5.41) is 9.74. The third-order valence-electron chi connectivity index (χ3n) is 6.36. The first-order chi connectivity index (χ1) is 19.5. The summed E-state index contributed by atoms with van der Waals surface area (Å²) in [5.41, 5.74) is 6.41. The van der Waals surface area contributed by atoms with Gasteiger partial charge in [0.1, 0.15) is 12.1 Å². The Labute approximate surface area is 241 Å². The van der Waals surface area contributed by atoms with Crippen molar-refractivity contribution in [3.8, 4) is 11.5 Å². The van der Waals surface area contributed by atoms with Crippen LogP contribution in [0.5, 0.6) is 11.5 Å². The van der Waals surface area contributed by atoms with Crippen LogP contribution in [0.25, 0.3) is 0 Å². The van der Waals surface area contributed by atoms with Crippen molar-refractivity contribution in [1.82, 2.24) is 0 Å². The van der Waals surface area contributed by atoms with Gasteiger partial charge in [0.2, 0.25) is 0 Å². The van der Waals surface area contributed by atoms with Crippen LogP contribution in [0.2, 0.25) is 0 Å². The van der Waals surface area contributed by atoms with Crippen molar-refractivity contribution in [2.45, 2.75) is 97.6 Å². The Morgan fingerprint density at radius 1 is 0.756 bits per heavy atom. The van der Waals surface area contributed by atoms with Gasteiger partial charge in [-0.25, -0.2) is 14.4 Å². The van der Waals surface area contributed by atoms with Crippen molar-refractivity contribution >= 4 is 24.4 Å². The van der Waals surface area contributed by atoms with Gasteiger partial charge in [-0.15, -0.1) is 0 Å². The Morgan fingerprint density at radius 2 is 1.29 bits per heavy atom. The third-order valence-corrected chi connectivity index (χ3v) is 6.36. The number of unbranched alkanes of at least 4 members (excludes halogenated alkanes) is 4. The average molecular weight is 584 g/mol. The molecule has 0 saturated heterocycles. The topological polar surface area (TPSA) is 170 Å². The average Bonchev–Trinajstić information content (AvgIpc) is 2.93. The van der Waals surface area contributed by atoms with Crippen molar-refractivity contribution in [1.29, 1.82) is 0 Å². The molecule has 3 N–H and O–H groups in total. The quantitative estimate of drug-likeness (QED) is 0.0871. The molecule has 0 aliphatic rings. The first kappa shape index (κ1) is 35.5. The van der Waals surface area contributed by atoms with Gasteiger partial charge >= 0.3 is 24.4 Å². The molecule has 0 bridgehead atoms. The van der Waals surface area contributed by atoms with Crippen molar-refractivity contribution in [2.75, 3.05) is 19.8 Å². The summed E-state index contributed by atoms with van der Waals surface area (Å²) in [6.07, 6.45) is 1.83. The van der Waals surface area contributed by atoms with E-state index in [1.54, 1.807) is 13.8 Å². The lowest BCUT2D eigenvalue weighted by Gasteiger charge is -2.31. The molecular formula is C29H45NO11. The highest BCUT2D eigenvalue weighted by Gasteiger charge is 2.36. The lowest BCUT2D eigenvalue weighted by molar-refractivity contribution is -0.139. The summed E-state index contributed by atoms with van der Waals surface area (Å²) in [7, 11) is 0. The largest absolute Gasteiger partial charge is 0.513 e. The number of ether oxygens (including phenoxy) is 6. The van der Waals surface area contributed by atoms with E-state index in [2.05, 4.69) is 0 Å². The van der Waals surface area contributed by atoms with Crippen LogP contribution < -0.4 is 15.2 Å². The Hall–Kier alpha value is -3.54. The number of nitrogens with two attached hydrogens (primary N) is 1. The SMILES string of the molecule is CCCCCOC(=O)Oc1ccc(C(C(C)C(C)OC(=O)OCCC)[C@H](N)C(=O)O)cc1OC(=O)OCCCCC. The second-order valence-electron chi connectivity index (χ2n) is 9.69. The zero-order valence-corrected chi connectivity index (χ0v) is 24.7. The van der Waals surface area contributed by atoms with E-state index < -0.39 is 48.4 Å². The standard InChI is InChI=1S/C29H45NO11/c1-6-9-11-16-37-28(34)40-22-14-13-21(18-23(22)41-29(35)38-17-12-10-7-2)24(25(30)26(31)32)19(4)20(5)39-27(33)36-15-8-3/h13-14,18-20,24-25H,6-12,15-17,30H2,1-5H3,(H,31,32)/t19?,20?,24?,25-/m0/s1. The first-order valence-corrected chi connectivity index (χ1v) is 14.2. The summed E-state index contributed by atoms with van der Waals surface area (Å²) in [5.74, 6) is -3.17. The normalized spacial score (nSPS) is 13.7. The molecule has 12 nitrogen and oxygen atoms in total. The van der Waals surface area contributed by atoms with Crippen molar-refractivity contribution in [3.05, 3.63) is 23.8 Å². The van der Waals surface area contributed by atoms with Crippen molar-refractivity contribution in [2.24, 2.45) is 11.7 Å². The minimum atomic E-state index is -1.42. The lowest BCUT2D eigenvalue weighted by Crippen LogP contribution is -2.42. The second-order valence-corrected chi connectivity index (χ2v) is 9.69. The highest BCUT2D eigenvalue weighted by atomic mass is 16.7. The molecule has 232 valence electrons. The zero-order chi connectivity index (χ0) is 30.8. The van der Waals surface area contributed by atoms with Gasteiger partial charge in [0, 0.05) is 11.8 Å². The first-order valence-electron chi connectivity index (χ1n) is 14.2. The molecule has 0 amide bonds. The number of benzene rings is 1. The summed E-state index contributed by atoms with van der Waals surface area (Å²) < 4.78 is 31.2. The van der Waals surface area contributed by atoms with Crippen LogP contribution in [0.1, 0.15) is 91.0 Å². The number of carbonyl (C=O) groups is 4. The fourth-order valence-electron chi connectivity index (χ4n) is 3.91. The smallest absolute Gasteiger partial charge is 0.480 e. The molecule has 4 atom stereocenters. The van der Waals surface area contributed by atoms with Crippen molar-refractivity contribution < 1.29 is 52.7 Å². The van der Waals surface area contributed by atoms with Gasteiger partial charge in [-0.2, -0.15) is 0 Å². The molecular weight excluding hydrogens is 538 g/mol. The monoisotopic (exact) mass is 583 g/mol. The van der Waals surface area contributed by atoms with E-state index in [0.717, 1.165) is 25.7 Å². The molecule has 41 heavy (non-hydrogen) atoms. The molecule has 0 aliphatic carbocycles. The van der Waals surface area contributed by atoms with Gasteiger partial charge in [0.15, 0.2) is 11.5 Å². The predicted octanol–water partition coefficient (Wildman–Crippen LogP) is 6.18. The molecule has 0 aromatic heterocycles. The molecule has 1 aromatic rings. The van der Waals surface area contributed by atoms with Gasteiger partial charge in [0.05, 0.1) is 19.8 Å². The molecule has 0 heterocycles. The number of carboxylic acids is 1. The van der Waals surface area contributed by atoms with E-state index >= 15 is 0 Å². The van der Waals surface area contributed by atoms with Gasteiger partial charge in [-0.1, -0.05) is 59.4 Å². The summed E-state index contributed by atoms with van der Waals surface area (Å²) in [6, 6.07) is 2.76. The number of hydrogen-bond acceptors (Lipinski definition) is 11. The molecule has 1 rings (SSSR count). The number of rotatable bonds is 18. The van der Waals surface area contributed by atoms with E-state index in [1.807, 2.05) is 20.8 Å². The number of carboxylic acid groups (broad SMARTS) is 1.